The van der Waals surface area contributed by atoms with Gasteiger partial charge in [0.05, 0.1) is 0 Å². The molecular weight excluding hydrogens is 156 g/mol. The highest BCUT2D eigenvalue weighted by molar-refractivity contribution is 5.46. The van der Waals surface area contributed by atoms with Crippen molar-refractivity contribution >= 4 is 0 Å². The van der Waals surface area contributed by atoms with Crippen molar-refractivity contribution in [1.29, 1.82) is 0 Å². The molecule has 1 unspecified atom stereocenters. The van der Waals surface area contributed by atoms with Gasteiger partial charge in [0, 0.05) is 5.92 Å². The van der Waals surface area contributed by atoms with Crippen molar-refractivity contribution < 1.29 is 0 Å². The van der Waals surface area contributed by atoms with Crippen LogP contribution in [0.15, 0.2) is 29.8 Å². The molecule has 0 N–H and O–H groups in total. The molecule has 2 rings (SSSR count). The summed E-state index contributed by atoms with van der Waals surface area (Å²) in [5.74, 6) is 0.640. The molecule has 1 aromatic carbocycles. The highest BCUT2D eigenvalue weighted by Gasteiger charge is 2.21. The van der Waals surface area contributed by atoms with Gasteiger partial charge in [0.1, 0.15) is 0 Å². The van der Waals surface area contributed by atoms with Crippen molar-refractivity contribution in [1.82, 2.24) is 0 Å². The summed E-state index contributed by atoms with van der Waals surface area (Å²) in [6.07, 6.45) is 5.84. The molecule has 0 bridgehead atoms. The molecule has 1 atom stereocenters. The maximum Gasteiger partial charge on any atom is 0.00610 e. The third kappa shape index (κ3) is 1.31. The van der Waals surface area contributed by atoms with Gasteiger partial charge in [-0.15, -0.1) is 0 Å². The van der Waals surface area contributed by atoms with Crippen LogP contribution in [0.4, 0.5) is 0 Å². The Labute approximate surface area is 80.3 Å². The van der Waals surface area contributed by atoms with Gasteiger partial charge in [-0.05, 0) is 30.0 Å². The monoisotopic (exact) mass is 171 g/mol. The second-order valence-electron chi connectivity index (χ2n) is 3.55. The summed E-state index contributed by atoms with van der Waals surface area (Å²) in [4.78, 5) is 0. The Morgan fingerprint density at radius 2 is 2.00 bits per heavy atom. The van der Waals surface area contributed by atoms with Crippen LogP contribution in [0.3, 0.4) is 0 Å². The average Bonchev–Trinajstić information content (AvgIpc) is 2.55. The van der Waals surface area contributed by atoms with Crippen LogP contribution in [0, 0.1) is 6.08 Å². The van der Waals surface area contributed by atoms with Gasteiger partial charge in [-0.1, -0.05) is 43.7 Å². The fourth-order valence-corrected chi connectivity index (χ4v) is 2.16. The minimum Gasteiger partial charge on any atom is -0.0645 e. The molecule has 0 nitrogen and oxygen atoms in total. The Kier molecular flexibility index (Phi) is 2.22. The fourth-order valence-electron chi connectivity index (χ4n) is 2.16. The smallest absolute Gasteiger partial charge is 0.00610 e. The van der Waals surface area contributed by atoms with Crippen LogP contribution < -0.4 is 0 Å². The molecule has 0 aromatic heterocycles. The summed E-state index contributed by atoms with van der Waals surface area (Å²) in [5, 5.41) is 0. The second kappa shape index (κ2) is 3.37. The quantitative estimate of drug-likeness (QED) is 0.636. The minimum absolute atomic E-state index is 0.640. The summed E-state index contributed by atoms with van der Waals surface area (Å²) >= 11 is 0. The molecule has 0 amide bonds. The maximum absolute atomic E-state index is 3.50. The van der Waals surface area contributed by atoms with Crippen molar-refractivity contribution in [2.24, 2.45) is 0 Å². The molecule has 0 heteroatoms. The number of allylic oxidation sites excluding steroid dienone is 1. The van der Waals surface area contributed by atoms with Gasteiger partial charge in [0.25, 0.3) is 0 Å². The number of benzene rings is 1. The van der Waals surface area contributed by atoms with Gasteiger partial charge in [0.15, 0.2) is 0 Å². The van der Waals surface area contributed by atoms with Crippen molar-refractivity contribution in [3.63, 3.8) is 0 Å². The Balaban J connectivity index is 2.44. The van der Waals surface area contributed by atoms with Gasteiger partial charge >= 0.3 is 0 Å². The average molecular weight is 171 g/mol. The molecular formula is C13H15. The Morgan fingerprint density at radius 1 is 1.23 bits per heavy atom. The zero-order valence-corrected chi connectivity index (χ0v) is 8.30. The molecule has 1 radical (unpaired) electrons. The summed E-state index contributed by atoms with van der Waals surface area (Å²) in [6.45, 7) is 4.47. The van der Waals surface area contributed by atoms with E-state index in [0.717, 1.165) is 6.42 Å². The lowest BCUT2D eigenvalue weighted by atomic mass is 9.92. The molecule has 67 valence electrons. The number of rotatable bonds is 2. The fraction of sp³-hybridized carbons (Fsp3) is 0.385. The summed E-state index contributed by atoms with van der Waals surface area (Å²) in [5.41, 5.74) is 4.26. The first-order valence-electron chi connectivity index (χ1n) is 5.08. The summed E-state index contributed by atoms with van der Waals surface area (Å²) in [7, 11) is 0. The van der Waals surface area contributed by atoms with Crippen LogP contribution in [0.2, 0.25) is 0 Å². The Hall–Kier alpha value is -1.04. The zero-order valence-electron chi connectivity index (χ0n) is 8.30. The third-order valence-corrected chi connectivity index (χ3v) is 2.84. The van der Waals surface area contributed by atoms with Crippen LogP contribution >= 0.6 is 0 Å². The van der Waals surface area contributed by atoms with Crippen molar-refractivity contribution in [2.45, 2.75) is 32.6 Å². The molecule has 0 saturated carbocycles. The van der Waals surface area contributed by atoms with E-state index in [0.29, 0.717) is 5.92 Å². The maximum atomic E-state index is 3.50. The van der Waals surface area contributed by atoms with E-state index in [1.54, 1.807) is 0 Å². The molecule has 1 aromatic rings. The summed E-state index contributed by atoms with van der Waals surface area (Å²) in [6, 6.07) is 8.62. The normalized spacial score (nSPS) is 19.8. The molecule has 0 fully saturated rings. The van der Waals surface area contributed by atoms with E-state index in [9.17, 15) is 0 Å². The highest BCUT2D eigenvalue weighted by atomic mass is 14.3. The van der Waals surface area contributed by atoms with Crippen LogP contribution in [0.5, 0.6) is 0 Å². The zero-order chi connectivity index (χ0) is 9.26. The first-order valence-corrected chi connectivity index (χ1v) is 5.08. The molecule has 1 aliphatic rings. The van der Waals surface area contributed by atoms with E-state index < -0.39 is 0 Å². The van der Waals surface area contributed by atoms with Crippen molar-refractivity contribution in [3.8, 4) is 0 Å². The van der Waals surface area contributed by atoms with E-state index in [4.69, 9.17) is 0 Å². The lowest BCUT2D eigenvalue weighted by Gasteiger charge is -2.12. The van der Waals surface area contributed by atoms with Gasteiger partial charge < -0.3 is 0 Å². The lowest BCUT2D eigenvalue weighted by molar-refractivity contribution is 0.745. The third-order valence-electron chi connectivity index (χ3n) is 2.84. The summed E-state index contributed by atoms with van der Waals surface area (Å²) < 4.78 is 0. The topological polar surface area (TPSA) is 0 Å². The van der Waals surface area contributed by atoms with Crippen molar-refractivity contribution in [3.05, 3.63) is 47.0 Å². The number of hydrogen-bond acceptors (Lipinski definition) is 0. The van der Waals surface area contributed by atoms with Crippen molar-refractivity contribution in [2.75, 3.05) is 0 Å². The molecule has 13 heavy (non-hydrogen) atoms. The van der Waals surface area contributed by atoms with Gasteiger partial charge in [0.2, 0.25) is 0 Å². The first-order chi connectivity index (χ1) is 6.36. The SMILES string of the molecule is CCC1=[C]c2ccccc2C1CC. The molecule has 1 aliphatic carbocycles. The molecule has 0 aliphatic heterocycles. The van der Waals surface area contributed by atoms with E-state index in [-0.39, 0.29) is 0 Å². The van der Waals surface area contributed by atoms with E-state index in [1.807, 2.05) is 0 Å². The highest BCUT2D eigenvalue weighted by Crippen LogP contribution is 2.37. The molecule has 0 saturated heterocycles. The molecule has 0 spiro atoms. The van der Waals surface area contributed by atoms with Crippen LogP contribution in [-0.2, 0) is 0 Å². The van der Waals surface area contributed by atoms with Crippen LogP contribution in [0.1, 0.15) is 43.7 Å². The Morgan fingerprint density at radius 3 is 2.69 bits per heavy atom. The molecule has 0 heterocycles. The van der Waals surface area contributed by atoms with Crippen LogP contribution in [0.25, 0.3) is 0 Å². The van der Waals surface area contributed by atoms with E-state index in [1.165, 1.54) is 23.1 Å². The van der Waals surface area contributed by atoms with E-state index >= 15 is 0 Å². The van der Waals surface area contributed by atoms with Gasteiger partial charge in [-0.25, -0.2) is 0 Å². The van der Waals surface area contributed by atoms with Gasteiger partial charge in [-0.2, -0.15) is 0 Å². The predicted molar refractivity (Wildman–Crippen MR) is 55.6 cm³/mol. The predicted octanol–water partition coefficient (Wildman–Crippen LogP) is 3.68. The largest absolute Gasteiger partial charge is 0.0645 e. The second-order valence-corrected chi connectivity index (χ2v) is 3.55. The van der Waals surface area contributed by atoms with Gasteiger partial charge in [-0.3, -0.25) is 0 Å². The number of fused-ring (bicyclic) bond motifs is 1. The van der Waals surface area contributed by atoms with Crippen LogP contribution in [-0.4, -0.2) is 0 Å². The Bertz CT molecular complexity index is 334. The minimum atomic E-state index is 0.640. The standard InChI is InChI=1S/C13H15/c1-3-10-9-11-7-5-6-8-13(11)12(10)4-2/h5-8,12H,3-4H2,1-2H3. The lowest BCUT2D eigenvalue weighted by Crippen LogP contribution is -1.95. The number of hydrogen-bond donors (Lipinski definition) is 0. The van der Waals surface area contributed by atoms with E-state index in [2.05, 4.69) is 44.2 Å². The first kappa shape index (κ1) is 8.55.